The van der Waals surface area contributed by atoms with Gasteiger partial charge in [0.15, 0.2) is 5.82 Å². The topological polar surface area (TPSA) is 35.6 Å². The summed E-state index contributed by atoms with van der Waals surface area (Å²) in [6.45, 7) is 0. The van der Waals surface area contributed by atoms with Crippen LogP contribution in [0.25, 0.3) is 55.2 Å². The van der Waals surface area contributed by atoms with Crippen molar-refractivity contribution < 1.29 is 4.39 Å². The van der Waals surface area contributed by atoms with Crippen LogP contribution in [-0.2, 0) is 0 Å². The molecule has 156 valence electrons. The van der Waals surface area contributed by atoms with E-state index in [-0.39, 0.29) is 0 Å². The Balaban J connectivity index is 1.78. The lowest BCUT2D eigenvalue weighted by atomic mass is 10.1. The Labute approximate surface area is 188 Å². The molecule has 0 amide bonds. The highest BCUT2D eigenvalue weighted by Gasteiger charge is 2.21. The fourth-order valence-corrected chi connectivity index (χ4v) is 4.97. The zero-order valence-corrected chi connectivity index (χ0v) is 17.5. The first kappa shape index (κ1) is 18.1. The highest BCUT2D eigenvalue weighted by atomic mass is 19.1. The monoisotopic (exact) mass is 428 g/mol. The number of rotatable bonds is 2. The van der Waals surface area contributed by atoms with Gasteiger partial charge in [-0.25, -0.2) is 14.4 Å². The van der Waals surface area contributed by atoms with Gasteiger partial charge in [-0.3, -0.25) is 4.57 Å². The lowest BCUT2D eigenvalue weighted by molar-refractivity contribution is 0.611. The fraction of sp³-hybridized carbons (Fsp3) is 0. The number of hydrogen-bond donors (Lipinski definition) is 0. The molecule has 0 aliphatic carbocycles. The van der Waals surface area contributed by atoms with Crippen LogP contribution in [0.15, 0.2) is 103 Å². The van der Waals surface area contributed by atoms with E-state index in [9.17, 15) is 4.39 Å². The number of benzene rings is 4. The van der Waals surface area contributed by atoms with E-state index in [1.54, 1.807) is 0 Å². The fourth-order valence-electron chi connectivity index (χ4n) is 4.97. The molecule has 4 aromatic carbocycles. The first-order valence-corrected chi connectivity index (χ1v) is 10.8. The van der Waals surface area contributed by atoms with Crippen molar-refractivity contribution in [2.24, 2.45) is 0 Å². The maximum atomic E-state index is 13.7. The van der Waals surface area contributed by atoms with E-state index in [0.717, 1.165) is 43.9 Å². The summed E-state index contributed by atoms with van der Waals surface area (Å²) in [6, 6.07) is 31.4. The summed E-state index contributed by atoms with van der Waals surface area (Å²) in [6.07, 6.45) is 2.44. The summed E-state index contributed by atoms with van der Waals surface area (Å²) in [5.74, 6) is -0.0111. The number of para-hydroxylation sites is 3. The lowest BCUT2D eigenvalue weighted by Crippen LogP contribution is -2.02. The molecule has 5 heteroatoms. The zero-order chi connectivity index (χ0) is 21.9. The Morgan fingerprint density at radius 3 is 1.67 bits per heavy atom. The minimum atomic E-state index is -0.455. The van der Waals surface area contributed by atoms with Crippen molar-refractivity contribution in [3.8, 4) is 11.6 Å². The van der Waals surface area contributed by atoms with Gasteiger partial charge in [-0.05, 0) is 24.3 Å². The lowest BCUT2D eigenvalue weighted by Gasteiger charge is -2.11. The third-order valence-corrected chi connectivity index (χ3v) is 6.29. The van der Waals surface area contributed by atoms with Crippen LogP contribution in [0.4, 0.5) is 4.39 Å². The number of nitrogens with zero attached hydrogens (tertiary/aromatic N) is 4. The van der Waals surface area contributed by atoms with Crippen LogP contribution in [0, 0.1) is 5.82 Å². The molecule has 0 radical (unpaired) electrons. The van der Waals surface area contributed by atoms with E-state index in [0.29, 0.717) is 5.95 Å². The molecule has 0 N–H and O–H groups in total. The molecule has 4 nitrogen and oxygen atoms in total. The van der Waals surface area contributed by atoms with Gasteiger partial charge in [-0.2, -0.15) is 0 Å². The van der Waals surface area contributed by atoms with Crippen molar-refractivity contribution in [3.05, 3.63) is 109 Å². The average Bonchev–Trinajstić information content (AvgIpc) is 3.38. The molecule has 3 aromatic heterocycles. The number of halogens is 1. The Morgan fingerprint density at radius 2 is 1.03 bits per heavy atom. The Morgan fingerprint density at radius 1 is 0.515 bits per heavy atom. The van der Waals surface area contributed by atoms with E-state index < -0.39 is 5.82 Å². The molecule has 0 bridgehead atoms. The number of fused-ring (bicyclic) bond motifs is 7. The van der Waals surface area contributed by atoms with Crippen LogP contribution >= 0.6 is 0 Å². The van der Waals surface area contributed by atoms with Gasteiger partial charge in [-0.15, -0.1) is 0 Å². The Bertz CT molecular complexity index is 1810. The quantitative estimate of drug-likeness (QED) is 0.303. The van der Waals surface area contributed by atoms with E-state index in [2.05, 4.69) is 87.3 Å². The van der Waals surface area contributed by atoms with Gasteiger partial charge in [0.25, 0.3) is 0 Å². The van der Waals surface area contributed by atoms with Crippen molar-refractivity contribution in [2.45, 2.75) is 0 Å². The molecule has 0 aliphatic rings. The van der Waals surface area contributed by atoms with Gasteiger partial charge in [0.1, 0.15) is 0 Å². The average molecular weight is 428 g/mol. The normalized spacial score (nSPS) is 11.8. The highest BCUT2D eigenvalue weighted by molar-refractivity contribution is 6.23. The molecule has 3 heterocycles. The second-order valence-corrected chi connectivity index (χ2v) is 8.10. The van der Waals surface area contributed by atoms with Crippen molar-refractivity contribution in [2.75, 3.05) is 0 Å². The minimum Gasteiger partial charge on any atom is -0.307 e. The van der Waals surface area contributed by atoms with Crippen LogP contribution < -0.4 is 0 Å². The molecule has 0 saturated heterocycles. The maximum absolute atomic E-state index is 13.7. The molecule has 0 aliphatic heterocycles. The molecule has 0 fully saturated rings. The van der Waals surface area contributed by atoms with E-state index >= 15 is 0 Å². The molecule has 0 unspecified atom stereocenters. The maximum Gasteiger partial charge on any atom is 0.234 e. The molecule has 7 rings (SSSR count). The standard InChI is InChI=1S/C28H17FN4/c29-18-16-30-28(31-17-18)33-25-13-7-5-11-21(25)23-15-14-22-20-10-4-6-12-24(20)32(26(22)27(23)33)19-8-2-1-3-9-19/h1-17H. The summed E-state index contributed by atoms with van der Waals surface area (Å²) in [4.78, 5) is 8.70. The van der Waals surface area contributed by atoms with Gasteiger partial charge >= 0.3 is 0 Å². The Hall–Kier alpha value is -4.51. The molecule has 0 spiro atoms. The number of hydrogen-bond acceptors (Lipinski definition) is 2. The summed E-state index contributed by atoms with van der Waals surface area (Å²) in [5, 5.41) is 4.53. The minimum absolute atomic E-state index is 0.444. The van der Waals surface area contributed by atoms with Gasteiger partial charge in [0.05, 0.1) is 34.5 Å². The van der Waals surface area contributed by atoms with Gasteiger partial charge in [-0.1, -0.05) is 66.7 Å². The molecule has 33 heavy (non-hydrogen) atoms. The summed E-state index contributed by atoms with van der Waals surface area (Å²) in [5.41, 5.74) is 5.26. The van der Waals surface area contributed by atoms with Crippen molar-refractivity contribution >= 4 is 43.6 Å². The van der Waals surface area contributed by atoms with Gasteiger partial charge in [0.2, 0.25) is 5.95 Å². The summed E-state index contributed by atoms with van der Waals surface area (Å²) >= 11 is 0. The first-order valence-electron chi connectivity index (χ1n) is 10.8. The molecule has 7 aromatic rings. The van der Waals surface area contributed by atoms with Crippen molar-refractivity contribution in [3.63, 3.8) is 0 Å². The van der Waals surface area contributed by atoms with Gasteiger partial charge < -0.3 is 4.57 Å². The summed E-state index contributed by atoms with van der Waals surface area (Å²) in [7, 11) is 0. The third kappa shape index (κ3) is 2.50. The summed E-state index contributed by atoms with van der Waals surface area (Å²) < 4.78 is 18.0. The molecular formula is C28H17FN4. The second kappa shape index (κ2) is 6.74. The highest BCUT2D eigenvalue weighted by Crippen LogP contribution is 2.40. The molecule has 0 saturated carbocycles. The van der Waals surface area contributed by atoms with Crippen molar-refractivity contribution in [1.29, 1.82) is 0 Å². The van der Waals surface area contributed by atoms with Gasteiger partial charge in [0, 0.05) is 27.2 Å². The van der Waals surface area contributed by atoms with Crippen LogP contribution in [0.5, 0.6) is 0 Å². The van der Waals surface area contributed by atoms with Crippen LogP contribution in [-0.4, -0.2) is 19.1 Å². The number of aromatic nitrogens is 4. The van der Waals surface area contributed by atoms with E-state index in [1.807, 2.05) is 22.8 Å². The molecule has 0 atom stereocenters. The predicted octanol–water partition coefficient (Wildman–Crippen LogP) is 6.81. The van der Waals surface area contributed by atoms with E-state index in [1.165, 1.54) is 17.8 Å². The van der Waals surface area contributed by atoms with Crippen molar-refractivity contribution in [1.82, 2.24) is 19.1 Å². The van der Waals surface area contributed by atoms with Crippen LogP contribution in [0.1, 0.15) is 0 Å². The largest absolute Gasteiger partial charge is 0.307 e. The first-order chi connectivity index (χ1) is 16.3. The predicted molar refractivity (Wildman–Crippen MR) is 131 cm³/mol. The van der Waals surface area contributed by atoms with Crippen LogP contribution in [0.3, 0.4) is 0 Å². The van der Waals surface area contributed by atoms with E-state index in [4.69, 9.17) is 0 Å². The second-order valence-electron chi connectivity index (χ2n) is 8.10. The smallest absolute Gasteiger partial charge is 0.234 e. The SMILES string of the molecule is Fc1cnc(-n2c3ccccc3c3ccc4c5ccccc5n(-c5ccccc5)c4c32)nc1. The Kier molecular flexibility index (Phi) is 3.70. The third-order valence-electron chi connectivity index (χ3n) is 6.29. The van der Waals surface area contributed by atoms with Crippen LogP contribution in [0.2, 0.25) is 0 Å². The molecular weight excluding hydrogens is 411 g/mol. The zero-order valence-electron chi connectivity index (χ0n) is 17.5.